The quantitative estimate of drug-likeness (QED) is 0.470. The highest BCUT2D eigenvalue weighted by atomic mass is 31.2. The Morgan fingerprint density at radius 1 is 1.17 bits per heavy atom. The average Bonchev–Trinajstić information content (AvgIpc) is 2.95. The van der Waals surface area contributed by atoms with Gasteiger partial charge in [0, 0.05) is 6.20 Å². The maximum absolute atomic E-state index is 11.1. The largest absolute Gasteiger partial charge is 0.470 e. The van der Waals surface area contributed by atoms with Crippen molar-refractivity contribution in [2.24, 2.45) is 0 Å². The number of aliphatic hydroxyl groups is 3. The summed E-state index contributed by atoms with van der Waals surface area (Å²) in [6.07, 6.45) is -5.41. The fourth-order valence-electron chi connectivity index (χ4n) is 2.91. The number of phosphoric acid groups is 1. The van der Waals surface area contributed by atoms with Gasteiger partial charge in [-0.25, -0.2) is 4.57 Å². The number of benzene rings is 1. The molecule has 0 aliphatic carbocycles. The molecular formula is C14H18NO8P. The van der Waals surface area contributed by atoms with E-state index in [1.807, 2.05) is 12.1 Å². The van der Waals surface area contributed by atoms with Gasteiger partial charge in [0.15, 0.2) is 6.23 Å². The number of fused-ring (bicyclic) bond motifs is 1. The van der Waals surface area contributed by atoms with Gasteiger partial charge >= 0.3 is 7.82 Å². The minimum absolute atomic E-state index is 0.607. The van der Waals surface area contributed by atoms with Gasteiger partial charge in [-0.05, 0) is 17.5 Å². The van der Waals surface area contributed by atoms with Crippen LogP contribution in [0.5, 0.6) is 0 Å². The van der Waals surface area contributed by atoms with E-state index in [4.69, 9.17) is 14.5 Å². The lowest BCUT2D eigenvalue weighted by Crippen LogP contribution is -2.57. The van der Waals surface area contributed by atoms with Gasteiger partial charge in [0.25, 0.3) is 0 Å². The molecule has 0 spiro atoms. The normalized spacial score (nSPS) is 31.5. The number of hydrogen-bond acceptors (Lipinski definition) is 6. The van der Waals surface area contributed by atoms with Gasteiger partial charge in [-0.3, -0.25) is 4.52 Å². The van der Waals surface area contributed by atoms with E-state index in [9.17, 15) is 19.9 Å². The maximum Gasteiger partial charge on any atom is 0.470 e. The van der Waals surface area contributed by atoms with Gasteiger partial charge < -0.3 is 34.4 Å². The third kappa shape index (κ3) is 3.26. The molecule has 1 fully saturated rings. The lowest BCUT2D eigenvalue weighted by molar-refractivity contribution is -0.246. The SMILES string of the molecule is O=P(O)(O)O[C@@H]1[C@@H](O)[C@H](n2ccc3ccccc32)O[C@H](CO)[C@H]1O. The van der Waals surface area contributed by atoms with Gasteiger partial charge in [-0.2, -0.15) is 0 Å². The number of aromatic nitrogens is 1. The molecule has 2 aromatic rings. The Bertz CT molecular complexity index is 758. The van der Waals surface area contributed by atoms with Crippen LogP contribution >= 0.6 is 7.82 Å². The van der Waals surface area contributed by atoms with Crippen molar-refractivity contribution in [3.8, 4) is 0 Å². The van der Waals surface area contributed by atoms with E-state index in [0.717, 1.165) is 5.39 Å². The molecule has 9 nitrogen and oxygen atoms in total. The van der Waals surface area contributed by atoms with Crippen molar-refractivity contribution in [2.45, 2.75) is 30.6 Å². The Labute approximate surface area is 136 Å². The van der Waals surface area contributed by atoms with E-state index >= 15 is 0 Å². The van der Waals surface area contributed by atoms with Crippen LogP contribution in [0.25, 0.3) is 10.9 Å². The zero-order chi connectivity index (χ0) is 17.5. The summed E-state index contributed by atoms with van der Waals surface area (Å²) in [6.45, 7) is -0.607. The third-order valence-electron chi connectivity index (χ3n) is 4.00. The second-order valence-electron chi connectivity index (χ2n) is 5.57. The summed E-state index contributed by atoms with van der Waals surface area (Å²) in [7, 11) is -4.96. The summed E-state index contributed by atoms with van der Waals surface area (Å²) in [5, 5.41) is 30.8. The van der Waals surface area contributed by atoms with Crippen molar-refractivity contribution in [2.75, 3.05) is 6.61 Å². The van der Waals surface area contributed by atoms with E-state index < -0.39 is 45.1 Å². The molecule has 1 aliphatic rings. The lowest BCUT2D eigenvalue weighted by atomic mass is 9.98. The number of nitrogens with zero attached hydrogens (tertiary/aromatic N) is 1. The third-order valence-corrected chi connectivity index (χ3v) is 4.52. The Hall–Kier alpha value is -1.29. The van der Waals surface area contributed by atoms with E-state index in [0.29, 0.717) is 5.52 Å². The van der Waals surface area contributed by atoms with Crippen LogP contribution in [0.1, 0.15) is 6.23 Å². The van der Waals surface area contributed by atoms with Crippen molar-refractivity contribution in [3.05, 3.63) is 36.5 Å². The predicted octanol–water partition coefficient (Wildman–Crippen LogP) is -0.269. The van der Waals surface area contributed by atoms with Crippen LogP contribution in [0.3, 0.4) is 0 Å². The zero-order valence-electron chi connectivity index (χ0n) is 12.4. The van der Waals surface area contributed by atoms with E-state index in [-0.39, 0.29) is 0 Å². The first-order valence-electron chi connectivity index (χ1n) is 7.24. The van der Waals surface area contributed by atoms with Crippen LogP contribution in [-0.2, 0) is 13.8 Å². The molecule has 5 N–H and O–H groups in total. The number of aliphatic hydroxyl groups excluding tert-OH is 3. The molecule has 3 rings (SSSR count). The summed E-state index contributed by atoms with van der Waals surface area (Å²) >= 11 is 0. The Morgan fingerprint density at radius 3 is 2.54 bits per heavy atom. The first-order valence-corrected chi connectivity index (χ1v) is 8.77. The Balaban J connectivity index is 1.99. The number of phosphoric ester groups is 1. The average molecular weight is 359 g/mol. The molecule has 0 bridgehead atoms. The minimum atomic E-state index is -4.96. The second kappa shape index (κ2) is 6.55. The molecule has 1 aromatic heterocycles. The van der Waals surface area contributed by atoms with Crippen LogP contribution in [0.15, 0.2) is 36.5 Å². The number of rotatable bonds is 4. The highest BCUT2D eigenvalue weighted by molar-refractivity contribution is 7.46. The molecule has 0 unspecified atom stereocenters. The molecule has 24 heavy (non-hydrogen) atoms. The molecule has 1 aromatic carbocycles. The van der Waals surface area contributed by atoms with E-state index in [1.165, 1.54) is 0 Å². The van der Waals surface area contributed by atoms with Gasteiger partial charge in [-0.1, -0.05) is 18.2 Å². The molecule has 10 heteroatoms. The van der Waals surface area contributed by atoms with E-state index in [2.05, 4.69) is 4.52 Å². The molecule has 2 heterocycles. The summed E-state index contributed by atoms with van der Waals surface area (Å²) in [5.74, 6) is 0. The van der Waals surface area contributed by atoms with Crippen LogP contribution in [-0.4, -0.2) is 60.7 Å². The van der Waals surface area contributed by atoms with E-state index in [1.54, 1.807) is 29.0 Å². The van der Waals surface area contributed by atoms with Crippen molar-refractivity contribution in [3.63, 3.8) is 0 Å². The molecule has 1 aliphatic heterocycles. The smallest absolute Gasteiger partial charge is 0.394 e. The minimum Gasteiger partial charge on any atom is -0.394 e. The summed E-state index contributed by atoms with van der Waals surface area (Å²) < 4.78 is 22.8. The molecule has 0 amide bonds. The number of hydrogen-bond donors (Lipinski definition) is 5. The van der Waals surface area contributed by atoms with Gasteiger partial charge in [-0.15, -0.1) is 0 Å². The first kappa shape index (κ1) is 17.5. The molecule has 0 saturated carbocycles. The summed E-state index contributed by atoms with van der Waals surface area (Å²) in [5.41, 5.74) is 0.713. The van der Waals surface area contributed by atoms with Crippen molar-refractivity contribution < 1.29 is 38.9 Å². The molecule has 132 valence electrons. The monoisotopic (exact) mass is 359 g/mol. The van der Waals surface area contributed by atoms with Crippen LogP contribution in [0.2, 0.25) is 0 Å². The van der Waals surface area contributed by atoms with Crippen molar-refractivity contribution in [1.82, 2.24) is 4.57 Å². The second-order valence-corrected chi connectivity index (χ2v) is 6.76. The fourth-order valence-corrected chi connectivity index (χ4v) is 3.47. The number of ether oxygens (including phenoxy) is 1. The lowest BCUT2D eigenvalue weighted by Gasteiger charge is -2.42. The van der Waals surface area contributed by atoms with Gasteiger partial charge in [0.05, 0.1) is 12.1 Å². The zero-order valence-corrected chi connectivity index (χ0v) is 13.3. The predicted molar refractivity (Wildman–Crippen MR) is 81.9 cm³/mol. The summed E-state index contributed by atoms with van der Waals surface area (Å²) in [6, 6.07) is 9.04. The van der Waals surface area contributed by atoms with Crippen molar-refractivity contribution in [1.29, 1.82) is 0 Å². The van der Waals surface area contributed by atoms with Crippen LogP contribution in [0.4, 0.5) is 0 Å². The maximum atomic E-state index is 11.1. The Morgan fingerprint density at radius 2 is 1.88 bits per heavy atom. The highest BCUT2D eigenvalue weighted by Crippen LogP contribution is 2.43. The molecule has 5 atom stereocenters. The van der Waals surface area contributed by atoms with Crippen molar-refractivity contribution >= 4 is 18.7 Å². The topological polar surface area (TPSA) is 142 Å². The van der Waals surface area contributed by atoms with Crippen LogP contribution < -0.4 is 0 Å². The molecular weight excluding hydrogens is 341 g/mol. The standard InChI is InChI=1S/C14H18NO8P/c16-7-10-11(17)13(23-24(19,20)21)12(18)14(22-10)15-6-5-8-3-1-2-4-9(8)15/h1-6,10-14,16-18H,7H2,(H2,19,20,21)/t10-,11-,12-,13+,14-/m1/s1. The Kier molecular flexibility index (Phi) is 4.78. The molecule has 0 radical (unpaired) electrons. The number of para-hydroxylation sites is 1. The van der Waals surface area contributed by atoms with Gasteiger partial charge in [0.1, 0.15) is 24.4 Å². The molecule has 1 saturated heterocycles. The highest BCUT2D eigenvalue weighted by Gasteiger charge is 2.48. The first-order chi connectivity index (χ1) is 11.3. The van der Waals surface area contributed by atoms with Crippen LogP contribution in [0, 0.1) is 0 Å². The fraction of sp³-hybridized carbons (Fsp3) is 0.429. The summed E-state index contributed by atoms with van der Waals surface area (Å²) in [4.78, 5) is 18.0. The van der Waals surface area contributed by atoms with Gasteiger partial charge in [0.2, 0.25) is 0 Å².